The van der Waals surface area contributed by atoms with Gasteiger partial charge < -0.3 is 5.11 Å². The van der Waals surface area contributed by atoms with Crippen LogP contribution in [0, 0.1) is 0 Å². The molecule has 0 bridgehead atoms. The zero-order valence-electron chi connectivity index (χ0n) is 9.82. The second kappa shape index (κ2) is 7.93. The van der Waals surface area contributed by atoms with E-state index in [1.54, 1.807) is 0 Å². The van der Waals surface area contributed by atoms with Gasteiger partial charge in [0.1, 0.15) is 0 Å². The minimum atomic E-state index is -0.833. The van der Waals surface area contributed by atoms with Crippen molar-refractivity contribution in [3.05, 3.63) is 0 Å². The standard InChI is InChI=1S/2C4H5NO2.C2H4O2/c2*6-3-1-2-4(7)5-3;1-2(3)4/h2*1-2H2,(H,5,6,7);1H3,(H,3,4). The van der Waals surface area contributed by atoms with Crippen molar-refractivity contribution < 1.29 is 29.1 Å². The summed E-state index contributed by atoms with van der Waals surface area (Å²) in [5, 5.41) is 11.7. The van der Waals surface area contributed by atoms with Crippen molar-refractivity contribution in [2.75, 3.05) is 0 Å². The van der Waals surface area contributed by atoms with Crippen molar-refractivity contribution in [3.63, 3.8) is 0 Å². The SMILES string of the molecule is CC(=O)O.O=C1CCC(=O)N1.O=C1CCC(=O)N1. The number of carboxylic acid groups (broad SMARTS) is 1. The predicted molar refractivity (Wildman–Crippen MR) is 58.1 cm³/mol. The first kappa shape index (κ1) is 15.8. The lowest BCUT2D eigenvalue weighted by Crippen LogP contribution is -2.18. The van der Waals surface area contributed by atoms with Crippen molar-refractivity contribution in [3.8, 4) is 0 Å². The first-order chi connectivity index (χ1) is 8.31. The summed E-state index contributed by atoms with van der Waals surface area (Å²) < 4.78 is 0. The fraction of sp³-hybridized carbons (Fsp3) is 0.500. The zero-order chi connectivity index (χ0) is 14.1. The van der Waals surface area contributed by atoms with Gasteiger partial charge in [-0.15, -0.1) is 0 Å². The van der Waals surface area contributed by atoms with Crippen LogP contribution in [-0.4, -0.2) is 34.7 Å². The van der Waals surface area contributed by atoms with Crippen molar-refractivity contribution in [2.45, 2.75) is 32.6 Å². The van der Waals surface area contributed by atoms with Gasteiger partial charge in [0, 0.05) is 32.6 Å². The molecule has 0 atom stereocenters. The normalized spacial score (nSPS) is 16.9. The van der Waals surface area contributed by atoms with E-state index in [4.69, 9.17) is 9.90 Å². The number of hydrogen-bond acceptors (Lipinski definition) is 5. The molecule has 2 fully saturated rings. The molecule has 2 heterocycles. The van der Waals surface area contributed by atoms with Gasteiger partial charge in [0.15, 0.2) is 0 Å². The number of nitrogens with one attached hydrogen (secondary N) is 2. The number of rotatable bonds is 0. The van der Waals surface area contributed by atoms with Gasteiger partial charge in [0.2, 0.25) is 23.6 Å². The van der Waals surface area contributed by atoms with Crippen molar-refractivity contribution in [1.29, 1.82) is 0 Å². The molecule has 0 unspecified atom stereocenters. The average Bonchev–Trinajstić information content (AvgIpc) is 2.76. The molecule has 0 aromatic rings. The van der Waals surface area contributed by atoms with Gasteiger partial charge in [0.25, 0.3) is 5.97 Å². The predicted octanol–water partition coefficient (Wildman–Crippen LogP) is -1.06. The van der Waals surface area contributed by atoms with Crippen LogP contribution in [-0.2, 0) is 24.0 Å². The monoisotopic (exact) mass is 258 g/mol. The summed E-state index contributed by atoms with van der Waals surface area (Å²) >= 11 is 0. The molecular weight excluding hydrogens is 244 g/mol. The second-order valence-electron chi connectivity index (χ2n) is 3.46. The quantitative estimate of drug-likeness (QED) is 0.475. The maximum atomic E-state index is 10.1. The highest BCUT2D eigenvalue weighted by molar-refractivity contribution is 6.02. The van der Waals surface area contributed by atoms with E-state index < -0.39 is 5.97 Å². The maximum absolute atomic E-state index is 10.1. The van der Waals surface area contributed by atoms with Crippen molar-refractivity contribution in [2.24, 2.45) is 0 Å². The van der Waals surface area contributed by atoms with Crippen molar-refractivity contribution in [1.82, 2.24) is 10.6 Å². The molecule has 0 aliphatic carbocycles. The number of amides is 4. The third-order valence-corrected chi connectivity index (χ3v) is 1.72. The second-order valence-corrected chi connectivity index (χ2v) is 3.46. The van der Waals surface area contributed by atoms with E-state index in [1.807, 2.05) is 0 Å². The van der Waals surface area contributed by atoms with Crippen LogP contribution >= 0.6 is 0 Å². The summed E-state index contributed by atoms with van der Waals surface area (Å²) in [6.45, 7) is 1.08. The molecule has 100 valence electrons. The van der Waals surface area contributed by atoms with Gasteiger partial charge >= 0.3 is 0 Å². The smallest absolute Gasteiger partial charge is 0.300 e. The van der Waals surface area contributed by atoms with E-state index in [1.165, 1.54) is 0 Å². The molecule has 0 saturated carbocycles. The van der Waals surface area contributed by atoms with Crippen LogP contribution in [0.25, 0.3) is 0 Å². The maximum Gasteiger partial charge on any atom is 0.300 e. The Hall–Kier alpha value is -2.25. The molecule has 8 heteroatoms. The number of hydrogen-bond donors (Lipinski definition) is 3. The van der Waals surface area contributed by atoms with Crippen LogP contribution in [0.3, 0.4) is 0 Å². The summed E-state index contributed by atoms with van der Waals surface area (Å²) in [7, 11) is 0. The molecule has 3 N–H and O–H groups in total. The highest BCUT2D eigenvalue weighted by atomic mass is 16.4. The third kappa shape index (κ3) is 9.01. The Morgan fingerprint density at radius 2 is 1.00 bits per heavy atom. The fourth-order valence-electron chi connectivity index (χ4n) is 1.02. The van der Waals surface area contributed by atoms with Gasteiger partial charge in [0.05, 0.1) is 0 Å². The lowest BCUT2D eigenvalue weighted by Gasteiger charge is -1.79. The van der Waals surface area contributed by atoms with E-state index in [2.05, 4.69) is 10.6 Å². The summed E-state index contributed by atoms with van der Waals surface area (Å²) in [5.41, 5.74) is 0. The number of imide groups is 2. The lowest BCUT2D eigenvalue weighted by molar-refractivity contribution is -0.134. The van der Waals surface area contributed by atoms with Gasteiger partial charge in [-0.25, -0.2) is 0 Å². The van der Waals surface area contributed by atoms with Crippen LogP contribution in [0.4, 0.5) is 0 Å². The van der Waals surface area contributed by atoms with Crippen molar-refractivity contribution >= 4 is 29.6 Å². The van der Waals surface area contributed by atoms with E-state index in [0.717, 1.165) is 6.92 Å². The van der Waals surface area contributed by atoms with Crippen LogP contribution in [0.1, 0.15) is 32.6 Å². The number of aliphatic carboxylic acids is 1. The van der Waals surface area contributed by atoms with E-state index >= 15 is 0 Å². The zero-order valence-corrected chi connectivity index (χ0v) is 9.82. The molecule has 0 spiro atoms. The average molecular weight is 258 g/mol. The molecule has 0 aromatic carbocycles. The summed E-state index contributed by atoms with van der Waals surface area (Å²) in [6.07, 6.45) is 1.50. The highest BCUT2D eigenvalue weighted by Gasteiger charge is 2.16. The molecule has 8 nitrogen and oxygen atoms in total. The van der Waals surface area contributed by atoms with Gasteiger partial charge in [-0.05, 0) is 0 Å². The first-order valence-electron chi connectivity index (χ1n) is 5.16. The Labute approximate surface area is 103 Å². The Morgan fingerprint density at radius 3 is 1.06 bits per heavy atom. The first-order valence-corrected chi connectivity index (χ1v) is 5.16. The summed E-state index contributed by atoms with van der Waals surface area (Å²) in [6, 6.07) is 0. The Bertz CT molecular complexity index is 315. The van der Waals surface area contributed by atoms with E-state index in [9.17, 15) is 19.2 Å². The van der Waals surface area contributed by atoms with Gasteiger partial charge in [-0.1, -0.05) is 0 Å². The van der Waals surface area contributed by atoms with Gasteiger partial charge in [-0.2, -0.15) is 0 Å². The van der Waals surface area contributed by atoms with Crippen LogP contribution in [0.15, 0.2) is 0 Å². The van der Waals surface area contributed by atoms with E-state index in [0.29, 0.717) is 25.7 Å². The van der Waals surface area contributed by atoms with Crippen LogP contribution < -0.4 is 10.6 Å². The molecule has 2 aliphatic heterocycles. The lowest BCUT2D eigenvalue weighted by atomic mass is 10.4. The number of carbonyl (C=O) groups is 5. The Kier molecular flexibility index (Phi) is 6.94. The molecule has 0 aromatic heterocycles. The Morgan fingerprint density at radius 1 is 0.833 bits per heavy atom. The molecule has 0 radical (unpaired) electrons. The molecule has 18 heavy (non-hydrogen) atoms. The minimum absolute atomic E-state index is 0.148. The molecule has 2 aliphatic rings. The summed E-state index contributed by atoms with van der Waals surface area (Å²) in [4.78, 5) is 49.5. The molecule has 2 saturated heterocycles. The third-order valence-electron chi connectivity index (χ3n) is 1.72. The Balaban J connectivity index is 0.000000253. The van der Waals surface area contributed by atoms with Crippen LogP contribution in [0.2, 0.25) is 0 Å². The summed E-state index contributed by atoms with van der Waals surface area (Å²) in [5.74, 6) is -1.43. The largest absolute Gasteiger partial charge is 0.481 e. The van der Waals surface area contributed by atoms with Crippen LogP contribution in [0.5, 0.6) is 0 Å². The topological polar surface area (TPSA) is 130 Å². The molecular formula is C10H14N2O6. The van der Waals surface area contributed by atoms with Gasteiger partial charge in [-0.3, -0.25) is 34.6 Å². The van der Waals surface area contributed by atoms with E-state index in [-0.39, 0.29) is 23.6 Å². The number of carboxylic acids is 1. The molecule has 4 amide bonds. The molecule has 2 rings (SSSR count). The minimum Gasteiger partial charge on any atom is -0.481 e. The highest BCUT2D eigenvalue weighted by Crippen LogP contribution is 1.96. The number of carbonyl (C=O) groups excluding carboxylic acids is 4. The fourth-order valence-corrected chi connectivity index (χ4v) is 1.02.